The first-order valence-corrected chi connectivity index (χ1v) is 9.85. The van der Waals surface area contributed by atoms with Gasteiger partial charge in [0.05, 0.1) is 25.2 Å². The summed E-state index contributed by atoms with van der Waals surface area (Å²) < 4.78 is 37.3. The summed E-state index contributed by atoms with van der Waals surface area (Å²) >= 11 is 0. The topological polar surface area (TPSA) is 84.9 Å². The predicted molar refractivity (Wildman–Crippen MR) is 102 cm³/mol. The lowest BCUT2D eigenvalue weighted by molar-refractivity contribution is -0.121. The maximum absolute atomic E-state index is 13.1. The Bertz CT molecular complexity index is 823. The molecule has 0 unspecified atom stereocenters. The summed E-state index contributed by atoms with van der Waals surface area (Å²) in [6.07, 6.45) is 0. The van der Waals surface area contributed by atoms with Crippen molar-refractivity contribution in [1.29, 1.82) is 0 Å². The lowest BCUT2D eigenvalue weighted by Crippen LogP contribution is -2.41. The predicted octanol–water partition coefficient (Wildman–Crippen LogP) is 1.65. The average Bonchev–Trinajstić information content (AvgIpc) is 2.68. The lowest BCUT2D eigenvalue weighted by Gasteiger charge is -2.22. The molecule has 0 fully saturated rings. The number of hydrogen-bond donors (Lipinski definition) is 1. The summed E-state index contributed by atoms with van der Waals surface area (Å²) in [5.74, 6) is 0.168. The van der Waals surface area contributed by atoms with Gasteiger partial charge in [0, 0.05) is 20.2 Å². The molecule has 0 saturated heterocycles. The van der Waals surface area contributed by atoms with Crippen molar-refractivity contribution >= 4 is 15.9 Å². The van der Waals surface area contributed by atoms with Crippen LogP contribution in [-0.4, -0.2) is 52.5 Å². The van der Waals surface area contributed by atoms with E-state index in [1.807, 2.05) is 30.3 Å². The number of rotatable bonds is 10. The minimum atomic E-state index is -3.86. The van der Waals surface area contributed by atoms with Gasteiger partial charge in [-0.2, -0.15) is 4.31 Å². The number of sulfonamides is 1. The van der Waals surface area contributed by atoms with Gasteiger partial charge >= 0.3 is 0 Å². The SMILES string of the molecule is COCCNC(=O)CN(Cc1ccccc1)S(=O)(=O)c1ccc(OC)cc1. The zero-order valence-corrected chi connectivity index (χ0v) is 16.2. The molecule has 0 atom stereocenters. The molecule has 0 aliphatic carbocycles. The molecule has 0 saturated carbocycles. The third-order valence-corrected chi connectivity index (χ3v) is 5.65. The molecule has 146 valence electrons. The summed E-state index contributed by atoms with van der Waals surface area (Å²) in [6, 6.07) is 15.2. The molecule has 2 aromatic carbocycles. The van der Waals surface area contributed by atoms with E-state index in [4.69, 9.17) is 9.47 Å². The van der Waals surface area contributed by atoms with Crippen molar-refractivity contribution < 1.29 is 22.7 Å². The highest BCUT2D eigenvalue weighted by Crippen LogP contribution is 2.21. The molecule has 1 amide bonds. The summed E-state index contributed by atoms with van der Waals surface area (Å²) in [5, 5.41) is 2.65. The standard InChI is InChI=1S/C19H24N2O5S/c1-25-13-12-20-19(22)15-21(14-16-6-4-3-5-7-16)27(23,24)18-10-8-17(26-2)9-11-18/h3-11H,12-15H2,1-2H3,(H,20,22). The quantitative estimate of drug-likeness (QED) is 0.622. The van der Waals surface area contributed by atoms with E-state index in [1.165, 1.54) is 26.4 Å². The second kappa shape index (κ2) is 10.1. The number of benzene rings is 2. The maximum Gasteiger partial charge on any atom is 0.243 e. The third kappa shape index (κ3) is 6.06. The van der Waals surface area contributed by atoms with Crippen LogP contribution in [0.25, 0.3) is 0 Å². The Kier molecular flexibility index (Phi) is 7.78. The Balaban J connectivity index is 2.24. The number of methoxy groups -OCH3 is 2. The van der Waals surface area contributed by atoms with E-state index in [1.54, 1.807) is 12.1 Å². The fraction of sp³-hybridized carbons (Fsp3) is 0.316. The highest BCUT2D eigenvalue weighted by Gasteiger charge is 2.27. The molecule has 27 heavy (non-hydrogen) atoms. The van der Waals surface area contributed by atoms with Crippen LogP contribution in [0.3, 0.4) is 0 Å². The lowest BCUT2D eigenvalue weighted by atomic mass is 10.2. The van der Waals surface area contributed by atoms with Crippen LogP contribution in [0, 0.1) is 0 Å². The van der Waals surface area contributed by atoms with E-state index in [0.717, 1.165) is 9.87 Å². The second-order valence-corrected chi connectivity index (χ2v) is 7.71. The fourth-order valence-corrected chi connectivity index (χ4v) is 3.80. The third-order valence-electron chi connectivity index (χ3n) is 3.85. The Labute approximate surface area is 160 Å². The Morgan fingerprint density at radius 1 is 1.04 bits per heavy atom. The van der Waals surface area contributed by atoms with Crippen LogP contribution in [0.5, 0.6) is 5.75 Å². The number of carbonyl (C=O) groups is 1. The van der Waals surface area contributed by atoms with Crippen LogP contribution < -0.4 is 10.1 Å². The summed E-state index contributed by atoms with van der Waals surface area (Å²) in [5.41, 5.74) is 0.791. The highest BCUT2D eigenvalue weighted by atomic mass is 32.2. The fourth-order valence-electron chi connectivity index (χ4n) is 2.42. The van der Waals surface area contributed by atoms with Gasteiger partial charge in [-0.3, -0.25) is 4.79 Å². The van der Waals surface area contributed by atoms with Crippen LogP contribution in [0.1, 0.15) is 5.56 Å². The van der Waals surface area contributed by atoms with Gasteiger partial charge in [-0.05, 0) is 29.8 Å². The zero-order chi connectivity index (χ0) is 19.7. The summed E-state index contributed by atoms with van der Waals surface area (Å²) in [4.78, 5) is 12.3. The minimum absolute atomic E-state index is 0.0902. The summed E-state index contributed by atoms with van der Waals surface area (Å²) in [6.45, 7) is 0.479. The van der Waals surface area contributed by atoms with E-state index >= 15 is 0 Å². The van der Waals surface area contributed by atoms with Crippen LogP contribution in [0.4, 0.5) is 0 Å². The minimum Gasteiger partial charge on any atom is -0.497 e. The van der Waals surface area contributed by atoms with Crippen molar-refractivity contribution in [3.63, 3.8) is 0 Å². The highest BCUT2D eigenvalue weighted by molar-refractivity contribution is 7.89. The first-order chi connectivity index (χ1) is 13.0. The summed E-state index contributed by atoms with van der Waals surface area (Å²) in [7, 11) is -0.825. The maximum atomic E-state index is 13.1. The monoisotopic (exact) mass is 392 g/mol. The number of nitrogens with zero attached hydrogens (tertiary/aromatic N) is 1. The molecule has 0 heterocycles. The van der Waals surface area contributed by atoms with E-state index in [-0.39, 0.29) is 23.9 Å². The normalized spacial score (nSPS) is 11.4. The van der Waals surface area contributed by atoms with Gasteiger partial charge < -0.3 is 14.8 Å². The molecule has 0 bridgehead atoms. The number of nitrogens with one attached hydrogen (secondary N) is 1. The van der Waals surface area contributed by atoms with Crippen molar-refractivity contribution in [2.75, 3.05) is 33.9 Å². The number of carbonyl (C=O) groups excluding carboxylic acids is 1. The van der Waals surface area contributed by atoms with Crippen LogP contribution >= 0.6 is 0 Å². The molecule has 1 N–H and O–H groups in total. The second-order valence-electron chi connectivity index (χ2n) is 5.78. The largest absolute Gasteiger partial charge is 0.497 e. The number of hydrogen-bond acceptors (Lipinski definition) is 5. The van der Waals surface area contributed by atoms with Crippen molar-refractivity contribution in [1.82, 2.24) is 9.62 Å². The van der Waals surface area contributed by atoms with Crippen molar-refractivity contribution in [2.45, 2.75) is 11.4 Å². The molecule has 2 aromatic rings. The molecule has 0 aliphatic heterocycles. The Hall–Kier alpha value is -2.42. The molecule has 8 heteroatoms. The first-order valence-electron chi connectivity index (χ1n) is 8.41. The van der Waals surface area contributed by atoms with E-state index < -0.39 is 10.0 Å². The van der Waals surface area contributed by atoms with Gasteiger partial charge in [-0.25, -0.2) is 8.42 Å². The molecule has 0 radical (unpaired) electrons. The van der Waals surface area contributed by atoms with Crippen LogP contribution in [0.2, 0.25) is 0 Å². The molecule has 0 spiro atoms. The van der Waals surface area contributed by atoms with Gasteiger partial charge in [0.15, 0.2) is 0 Å². The molecular formula is C19H24N2O5S. The number of amides is 1. The van der Waals surface area contributed by atoms with Crippen LogP contribution in [-0.2, 0) is 26.1 Å². The molecule has 0 aromatic heterocycles. The van der Waals surface area contributed by atoms with Gasteiger partial charge in [0.1, 0.15) is 5.75 Å². The molecular weight excluding hydrogens is 368 g/mol. The zero-order valence-electron chi connectivity index (χ0n) is 15.4. The van der Waals surface area contributed by atoms with Crippen molar-refractivity contribution in [3.8, 4) is 5.75 Å². The van der Waals surface area contributed by atoms with Gasteiger partial charge in [0.25, 0.3) is 0 Å². The Morgan fingerprint density at radius 3 is 2.30 bits per heavy atom. The van der Waals surface area contributed by atoms with Gasteiger partial charge in [0.2, 0.25) is 15.9 Å². The Morgan fingerprint density at radius 2 is 1.70 bits per heavy atom. The van der Waals surface area contributed by atoms with E-state index in [9.17, 15) is 13.2 Å². The van der Waals surface area contributed by atoms with Crippen molar-refractivity contribution in [3.05, 3.63) is 60.2 Å². The van der Waals surface area contributed by atoms with Crippen LogP contribution in [0.15, 0.2) is 59.5 Å². The van der Waals surface area contributed by atoms with Gasteiger partial charge in [-0.1, -0.05) is 30.3 Å². The number of ether oxygens (including phenoxy) is 2. The van der Waals surface area contributed by atoms with Gasteiger partial charge in [-0.15, -0.1) is 0 Å². The van der Waals surface area contributed by atoms with E-state index in [0.29, 0.717) is 18.9 Å². The average molecular weight is 392 g/mol. The smallest absolute Gasteiger partial charge is 0.243 e. The molecule has 2 rings (SSSR count). The first kappa shape index (κ1) is 20.9. The van der Waals surface area contributed by atoms with Crippen molar-refractivity contribution in [2.24, 2.45) is 0 Å². The molecule has 7 nitrogen and oxygen atoms in total. The molecule has 0 aliphatic rings. The van der Waals surface area contributed by atoms with E-state index in [2.05, 4.69) is 5.32 Å².